The average Bonchev–Trinajstić information content (AvgIpc) is 2.38. The van der Waals surface area contributed by atoms with E-state index < -0.39 is 11.7 Å². The van der Waals surface area contributed by atoms with E-state index in [0.717, 1.165) is 12.0 Å². The van der Waals surface area contributed by atoms with E-state index in [1.165, 1.54) is 0 Å². The van der Waals surface area contributed by atoms with Gasteiger partial charge in [0.15, 0.2) is 0 Å². The summed E-state index contributed by atoms with van der Waals surface area (Å²) in [4.78, 5) is 0. The third kappa shape index (κ3) is 8.83. The zero-order valence-corrected chi connectivity index (χ0v) is 13.4. The Morgan fingerprint density at radius 1 is 1.24 bits per heavy atom. The number of aliphatic hydroxyl groups is 2. The van der Waals surface area contributed by atoms with E-state index in [-0.39, 0.29) is 6.61 Å². The Balaban J connectivity index is 2.12. The van der Waals surface area contributed by atoms with Gasteiger partial charge in [-0.1, -0.05) is 44.2 Å². The monoisotopic (exact) mass is 295 g/mol. The van der Waals surface area contributed by atoms with Crippen LogP contribution in [0.4, 0.5) is 0 Å². The molecule has 0 saturated heterocycles. The van der Waals surface area contributed by atoms with Crippen LogP contribution in [0.2, 0.25) is 0 Å². The number of ether oxygens (including phenoxy) is 1. The van der Waals surface area contributed by atoms with Gasteiger partial charge >= 0.3 is 0 Å². The van der Waals surface area contributed by atoms with Crippen molar-refractivity contribution in [3.05, 3.63) is 35.9 Å². The highest BCUT2D eigenvalue weighted by Gasteiger charge is 2.21. The summed E-state index contributed by atoms with van der Waals surface area (Å²) >= 11 is 0. The lowest BCUT2D eigenvalue weighted by Crippen LogP contribution is -2.42. The van der Waals surface area contributed by atoms with Gasteiger partial charge in [-0.25, -0.2) is 0 Å². The zero-order valence-electron chi connectivity index (χ0n) is 13.4. The first-order chi connectivity index (χ1) is 9.89. The highest BCUT2D eigenvalue weighted by atomic mass is 16.5. The molecule has 0 aliphatic carbocycles. The number of benzene rings is 1. The molecule has 0 aliphatic heterocycles. The van der Waals surface area contributed by atoms with E-state index in [1.807, 2.05) is 37.3 Å². The maximum absolute atomic E-state index is 10.1. The molecule has 4 nitrogen and oxygen atoms in total. The van der Waals surface area contributed by atoms with Gasteiger partial charge in [-0.15, -0.1) is 0 Å². The van der Waals surface area contributed by atoms with Crippen LogP contribution in [0.25, 0.3) is 0 Å². The fraction of sp³-hybridized carbons (Fsp3) is 0.647. The van der Waals surface area contributed by atoms with Crippen LogP contribution in [0.3, 0.4) is 0 Å². The molecule has 2 atom stereocenters. The molecule has 0 radical (unpaired) electrons. The smallest absolute Gasteiger partial charge is 0.0897 e. The highest BCUT2D eigenvalue weighted by molar-refractivity contribution is 5.13. The molecule has 1 rings (SSSR count). The van der Waals surface area contributed by atoms with E-state index in [1.54, 1.807) is 0 Å². The second-order valence-corrected chi connectivity index (χ2v) is 6.38. The van der Waals surface area contributed by atoms with Gasteiger partial charge < -0.3 is 20.3 Å². The fourth-order valence-electron chi connectivity index (χ4n) is 2.41. The topological polar surface area (TPSA) is 61.7 Å². The van der Waals surface area contributed by atoms with Crippen molar-refractivity contribution in [3.63, 3.8) is 0 Å². The summed E-state index contributed by atoms with van der Waals surface area (Å²) in [5, 5.41) is 23.1. The molecule has 2 unspecified atom stereocenters. The summed E-state index contributed by atoms with van der Waals surface area (Å²) in [5.41, 5.74) is 0.358. The standard InChI is InChI=1S/C17H29NO3/c1-14(2)9-17(3,20)13-18-10-16(19)12-21-11-15-7-5-4-6-8-15/h4-8,14,16,18-20H,9-13H2,1-3H3. The predicted octanol–water partition coefficient (Wildman–Crippen LogP) is 1.95. The van der Waals surface area contributed by atoms with Crippen molar-refractivity contribution < 1.29 is 14.9 Å². The second-order valence-electron chi connectivity index (χ2n) is 6.38. The highest BCUT2D eigenvalue weighted by Crippen LogP contribution is 2.14. The van der Waals surface area contributed by atoms with Crippen molar-refractivity contribution in [3.8, 4) is 0 Å². The Labute approximate surface area is 128 Å². The minimum atomic E-state index is -0.737. The number of rotatable bonds is 10. The van der Waals surface area contributed by atoms with E-state index in [9.17, 15) is 10.2 Å². The number of hydrogen-bond donors (Lipinski definition) is 3. The second kappa shape index (κ2) is 9.15. The lowest BCUT2D eigenvalue weighted by molar-refractivity contribution is 0.0155. The summed E-state index contributed by atoms with van der Waals surface area (Å²) in [5.74, 6) is 0.445. The molecule has 120 valence electrons. The van der Waals surface area contributed by atoms with Gasteiger partial charge in [0.1, 0.15) is 0 Å². The van der Waals surface area contributed by atoms with Gasteiger partial charge in [0.25, 0.3) is 0 Å². The summed E-state index contributed by atoms with van der Waals surface area (Å²) < 4.78 is 5.48. The van der Waals surface area contributed by atoms with Crippen molar-refractivity contribution in [2.24, 2.45) is 5.92 Å². The molecule has 1 aromatic rings. The minimum Gasteiger partial charge on any atom is -0.389 e. The largest absolute Gasteiger partial charge is 0.389 e. The van der Waals surface area contributed by atoms with Crippen LogP contribution in [0, 0.1) is 5.92 Å². The minimum absolute atomic E-state index is 0.286. The molecule has 1 aromatic carbocycles. The Morgan fingerprint density at radius 3 is 2.52 bits per heavy atom. The van der Waals surface area contributed by atoms with Gasteiger partial charge in [0.2, 0.25) is 0 Å². The summed E-state index contributed by atoms with van der Waals surface area (Å²) in [6.45, 7) is 7.67. The van der Waals surface area contributed by atoms with E-state index in [4.69, 9.17) is 4.74 Å². The van der Waals surface area contributed by atoms with Gasteiger partial charge in [0, 0.05) is 13.1 Å². The first-order valence-electron chi connectivity index (χ1n) is 7.62. The first kappa shape index (κ1) is 18.1. The zero-order chi connectivity index (χ0) is 15.7. The van der Waals surface area contributed by atoms with Crippen molar-refractivity contribution in [1.29, 1.82) is 0 Å². The normalized spacial score (nSPS) is 15.9. The maximum Gasteiger partial charge on any atom is 0.0897 e. The molecule has 0 bridgehead atoms. The molecule has 4 heteroatoms. The van der Waals surface area contributed by atoms with Crippen LogP contribution in [-0.4, -0.2) is 41.6 Å². The summed E-state index contributed by atoms with van der Waals surface area (Å²) in [7, 11) is 0. The van der Waals surface area contributed by atoms with E-state index >= 15 is 0 Å². The van der Waals surface area contributed by atoms with Gasteiger partial charge in [-0.3, -0.25) is 0 Å². The molecular weight excluding hydrogens is 266 g/mol. The third-order valence-electron chi connectivity index (χ3n) is 3.16. The quantitative estimate of drug-likeness (QED) is 0.617. The molecule has 0 aromatic heterocycles. The molecule has 0 saturated carbocycles. The van der Waals surface area contributed by atoms with Crippen LogP contribution in [0.15, 0.2) is 30.3 Å². The molecule has 21 heavy (non-hydrogen) atoms. The van der Waals surface area contributed by atoms with Crippen LogP contribution in [0.1, 0.15) is 32.8 Å². The molecule has 0 heterocycles. The van der Waals surface area contributed by atoms with E-state index in [2.05, 4.69) is 19.2 Å². The van der Waals surface area contributed by atoms with Gasteiger partial charge in [-0.2, -0.15) is 0 Å². The van der Waals surface area contributed by atoms with Crippen LogP contribution < -0.4 is 5.32 Å². The molecule has 0 fully saturated rings. The molecule has 3 N–H and O–H groups in total. The molecule has 0 aliphatic rings. The molecular formula is C17H29NO3. The number of hydrogen-bond acceptors (Lipinski definition) is 4. The van der Waals surface area contributed by atoms with E-state index in [0.29, 0.717) is 25.6 Å². The Bertz CT molecular complexity index is 379. The lowest BCUT2D eigenvalue weighted by atomic mass is 9.94. The summed E-state index contributed by atoms with van der Waals surface area (Å²) in [6, 6.07) is 9.88. The van der Waals surface area contributed by atoms with Gasteiger partial charge in [-0.05, 0) is 24.8 Å². The van der Waals surface area contributed by atoms with Crippen molar-refractivity contribution >= 4 is 0 Å². The fourth-order valence-corrected chi connectivity index (χ4v) is 2.41. The molecule has 0 spiro atoms. The van der Waals surface area contributed by atoms with Crippen molar-refractivity contribution in [2.45, 2.75) is 45.5 Å². The average molecular weight is 295 g/mol. The Kier molecular flexibility index (Phi) is 7.89. The Morgan fingerprint density at radius 2 is 1.90 bits per heavy atom. The summed E-state index contributed by atoms with van der Waals surface area (Å²) in [6.07, 6.45) is 0.171. The first-order valence-corrected chi connectivity index (χ1v) is 7.62. The predicted molar refractivity (Wildman–Crippen MR) is 85.1 cm³/mol. The van der Waals surface area contributed by atoms with Crippen LogP contribution >= 0.6 is 0 Å². The van der Waals surface area contributed by atoms with Gasteiger partial charge in [0.05, 0.1) is 24.9 Å². The van der Waals surface area contributed by atoms with Crippen molar-refractivity contribution in [1.82, 2.24) is 5.32 Å². The number of nitrogens with one attached hydrogen (secondary N) is 1. The molecule has 0 amide bonds. The lowest BCUT2D eigenvalue weighted by Gasteiger charge is -2.26. The van der Waals surface area contributed by atoms with Crippen LogP contribution in [-0.2, 0) is 11.3 Å². The number of aliphatic hydroxyl groups excluding tert-OH is 1. The van der Waals surface area contributed by atoms with Crippen LogP contribution in [0.5, 0.6) is 0 Å². The SMILES string of the molecule is CC(C)CC(C)(O)CNCC(O)COCc1ccccc1. The van der Waals surface area contributed by atoms with Crippen molar-refractivity contribution in [2.75, 3.05) is 19.7 Å². The Hall–Kier alpha value is -0.940. The maximum atomic E-state index is 10.1. The third-order valence-corrected chi connectivity index (χ3v) is 3.16.